The fourth-order valence-corrected chi connectivity index (χ4v) is 1.91. The van der Waals surface area contributed by atoms with Crippen molar-refractivity contribution >= 4 is 27.8 Å². The van der Waals surface area contributed by atoms with Gasteiger partial charge in [-0.3, -0.25) is 9.59 Å². The van der Waals surface area contributed by atoms with Gasteiger partial charge in [0.05, 0.1) is 7.11 Å². The second kappa shape index (κ2) is 6.54. The molecule has 0 aliphatic rings. The van der Waals surface area contributed by atoms with Gasteiger partial charge in [0.15, 0.2) is 0 Å². The highest BCUT2D eigenvalue weighted by Gasteiger charge is 2.17. The molecule has 0 radical (unpaired) electrons. The summed E-state index contributed by atoms with van der Waals surface area (Å²) >= 11 is 3.15. The van der Waals surface area contributed by atoms with E-state index in [1.165, 1.54) is 7.11 Å². The monoisotopic (exact) mass is 313 g/mol. The quantitative estimate of drug-likeness (QED) is 0.683. The molecule has 1 aromatic rings. The summed E-state index contributed by atoms with van der Waals surface area (Å²) in [5.74, 6) is -0.600. The van der Waals surface area contributed by atoms with Crippen LogP contribution in [0.4, 0.5) is 0 Å². The summed E-state index contributed by atoms with van der Waals surface area (Å²) in [4.78, 5) is 22.5. The van der Waals surface area contributed by atoms with E-state index in [2.05, 4.69) is 26.0 Å². The van der Waals surface area contributed by atoms with Crippen molar-refractivity contribution in [2.45, 2.75) is 18.7 Å². The molecule has 1 amide bonds. The van der Waals surface area contributed by atoms with Gasteiger partial charge >= 0.3 is 5.97 Å². The van der Waals surface area contributed by atoms with Crippen LogP contribution < -0.4 is 5.32 Å². The molecule has 1 aromatic carbocycles. The zero-order valence-electron chi connectivity index (χ0n) is 10.6. The topological polar surface area (TPSA) is 55.4 Å². The number of amides is 1. The average Bonchev–Trinajstić information content (AvgIpc) is 2.34. The fraction of sp³-hybridized carbons (Fsp3) is 0.385. The van der Waals surface area contributed by atoms with Crippen LogP contribution in [0.25, 0.3) is 0 Å². The molecule has 18 heavy (non-hydrogen) atoms. The largest absolute Gasteiger partial charge is 0.468 e. The van der Waals surface area contributed by atoms with Crippen LogP contribution in [0.1, 0.15) is 21.5 Å². The smallest absolute Gasteiger partial charge is 0.321 e. The minimum atomic E-state index is -0.530. The van der Waals surface area contributed by atoms with E-state index in [1.807, 2.05) is 26.0 Å². The maximum absolute atomic E-state index is 11.9. The molecule has 5 heteroatoms. The van der Waals surface area contributed by atoms with Gasteiger partial charge in [0, 0.05) is 12.1 Å². The second-order valence-electron chi connectivity index (χ2n) is 4.02. The third kappa shape index (κ3) is 3.84. The highest BCUT2D eigenvalue weighted by Crippen LogP contribution is 2.10. The van der Waals surface area contributed by atoms with Crippen LogP contribution in [0.15, 0.2) is 18.2 Å². The molecule has 0 spiro atoms. The van der Waals surface area contributed by atoms with Crippen LogP contribution in [0.3, 0.4) is 0 Å². The predicted molar refractivity (Wildman–Crippen MR) is 73.0 cm³/mol. The molecule has 0 aliphatic carbocycles. The summed E-state index contributed by atoms with van der Waals surface area (Å²) in [6.07, 6.45) is 0. The normalized spacial score (nSPS) is 11.8. The van der Waals surface area contributed by atoms with Crippen molar-refractivity contribution in [1.82, 2.24) is 5.32 Å². The van der Waals surface area contributed by atoms with E-state index in [0.29, 0.717) is 5.56 Å². The Morgan fingerprint density at radius 3 is 2.61 bits per heavy atom. The number of halogens is 1. The van der Waals surface area contributed by atoms with Gasteiger partial charge in [-0.1, -0.05) is 33.6 Å². The van der Waals surface area contributed by atoms with Gasteiger partial charge in [0.2, 0.25) is 0 Å². The van der Waals surface area contributed by atoms with Crippen molar-refractivity contribution < 1.29 is 14.3 Å². The van der Waals surface area contributed by atoms with E-state index in [4.69, 9.17) is 0 Å². The molecule has 1 rings (SSSR count). The third-order valence-corrected chi connectivity index (χ3v) is 3.22. The van der Waals surface area contributed by atoms with E-state index < -0.39 is 10.8 Å². The Morgan fingerprint density at radius 1 is 1.39 bits per heavy atom. The predicted octanol–water partition coefficient (Wildman–Crippen LogP) is 1.97. The molecule has 0 heterocycles. The van der Waals surface area contributed by atoms with Crippen molar-refractivity contribution in [3.05, 3.63) is 34.9 Å². The third-order valence-electron chi connectivity index (χ3n) is 2.53. The van der Waals surface area contributed by atoms with E-state index in [-0.39, 0.29) is 12.5 Å². The fourth-order valence-electron chi connectivity index (χ4n) is 1.56. The molecule has 1 atom stereocenters. The van der Waals surface area contributed by atoms with Crippen LogP contribution in [-0.2, 0) is 9.53 Å². The summed E-state index contributed by atoms with van der Waals surface area (Å²) in [5, 5.41) is 2.69. The Bertz CT molecular complexity index is 460. The minimum Gasteiger partial charge on any atom is -0.468 e. The zero-order valence-corrected chi connectivity index (χ0v) is 12.2. The van der Waals surface area contributed by atoms with Crippen LogP contribution in [-0.4, -0.2) is 30.4 Å². The lowest BCUT2D eigenvalue weighted by Gasteiger charge is -2.11. The zero-order chi connectivity index (χ0) is 13.7. The van der Waals surface area contributed by atoms with Gasteiger partial charge in [-0.05, 0) is 25.5 Å². The number of ether oxygens (including phenoxy) is 1. The highest BCUT2D eigenvalue weighted by molar-refractivity contribution is 9.10. The Labute approximate surface area is 115 Å². The molecule has 0 saturated heterocycles. The Morgan fingerprint density at radius 2 is 2.06 bits per heavy atom. The number of carbonyl (C=O) groups excluding carboxylic acids is 2. The lowest BCUT2D eigenvalue weighted by Crippen LogP contribution is -2.34. The number of methoxy groups -OCH3 is 1. The van der Waals surface area contributed by atoms with Gasteiger partial charge in [-0.25, -0.2) is 0 Å². The first-order valence-corrected chi connectivity index (χ1v) is 6.44. The molecule has 0 aliphatic heterocycles. The van der Waals surface area contributed by atoms with Crippen LogP contribution in [0.2, 0.25) is 0 Å². The Balaban J connectivity index is 2.63. The first-order valence-electron chi connectivity index (χ1n) is 5.53. The molecule has 0 fully saturated rings. The van der Waals surface area contributed by atoms with E-state index in [0.717, 1.165) is 11.1 Å². The number of benzene rings is 1. The van der Waals surface area contributed by atoms with Gasteiger partial charge in [-0.2, -0.15) is 0 Å². The van der Waals surface area contributed by atoms with Crippen LogP contribution in [0.5, 0.6) is 0 Å². The van der Waals surface area contributed by atoms with Crippen molar-refractivity contribution in [1.29, 1.82) is 0 Å². The standard InChI is InChI=1S/C13H16BrNO3/c1-8-4-5-10(9(2)6-8)12(16)15-7-11(14)13(17)18-3/h4-6,11H,7H2,1-3H3,(H,15,16). The van der Waals surface area contributed by atoms with Crippen LogP contribution >= 0.6 is 15.9 Å². The van der Waals surface area contributed by atoms with Gasteiger partial charge in [0.1, 0.15) is 4.83 Å². The van der Waals surface area contributed by atoms with Crippen LogP contribution in [0, 0.1) is 13.8 Å². The molecule has 0 saturated carbocycles. The van der Waals surface area contributed by atoms with Gasteiger partial charge in [0.25, 0.3) is 5.91 Å². The summed E-state index contributed by atoms with van der Waals surface area (Å²) in [6, 6.07) is 5.61. The number of rotatable bonds is 4. The molecule has 0 aromatic heterocycles. The number of alkyl halides is 1. The minimum absolute atomic E-state index is 0.193. The van der Waals surface area contributed by atoms with Crippen molar-refractivity contribution in [3.8, 4) is 0 Å². The van der Waals surface area contributed by atoms with Crippen molar-refractivity contribution in [2.24, 2.45) is 0 Å². The first-order chi connectivity index (χ1) is 8.45. The highest BCUT2D eigenvalue weighted by atomic mass is 79.9. The van der Waals surface area contributed by atoms with E-state index in [1.54, 1.807) is 6.07 Å². The molecule has 4 nitrogen and oxygen atoms in total. The average molecular weight is 314 g/mol. The Kier molecular flexibility index (Phi) is 5.34. The summed E-state index contributed by atoms with van der Waals surface area (Å²) < 4.78 is 4.55. The number of nitrogens with one attached hydrogen (secondary N) is 1. The van der Waals surface area contributed by atoms with Gasteiger partial charge in [-0.15, -0.1) is 0 Å². The lowest BCUT2D eigenvalue weighted by molar-refractivity contribution is -0.139. The molecule has 1 unspecified atom stereocenters. The maximum Gasteiger partial charge on any atom is 0.321 e. The summed E-state index contributed by atoms with van der Waals surface area (Å²) in [7, 11) is 1.31. The summed E-state index contributed by atoms with van der Waals surface area (Å²) in [6.45, 7) is 4.05. The Hall–Kier alpha value is -1.36. The van der Waals surface area contributed by atoms with E-state index >= 15 is 0 Å². The number of hydrogen-bond donors (Lipinski definition) is 1. The number of aryl methyl sites for hydroxylation is 2. The number of carbonyl (C=O) groups is 2. The maximum atomic E-state index is 11.9. The SMILES string of the molecule is COC(=O)C(Br)CNC(=O)c1ccc(C)cc1C. The molecule has 98 valence electrons. The van der Waals surface area contributed by atoms with Crippen molar-refractivity contribution in [3.63, 3.8) is 0 Å². The lowest BCUT2D eigenvalue weighted by atomic mass is 10.1. The summed E-state index contributed by atoms with van der Waals surface area (Å²) in [5.41, 5.74) is 2.64. The van der Waals surface area contributed by atoms with E-state index in [9.17, 15) is 9.59 Å². The second-order valence-corrected chi connectivity index (χ2v) is 5.12. The molecule has 0 bridgehead atoms. The molecular weight excluding hydrogens is 298 g/mol. The number of hydrogen-bond acceptors (Lipinski definition) is 3. The first kappa shape index (κ1) is 14.7. The molecule has 1 N–H and O–H groups in total. The number of esters is 1. The van der Waals surface area contributed by atoms with Gasteiger partial charge < -0.3 is 10.1 Å². The van der Waals surface area contributed by atoms with Crippen molar-refractivity contribution in [2.75, 3.05) is 13.7 Å². The molecular formula is C13H16BrNO3.